The Morgan fingerprint density at radius 2 is 1.88 bits per heavy atom. The van der Waals surface area contributed by atoms with E-state index in [4.69, 9.17) is 4.74 Å². The normalized spacial score (nSPS) is 23.8. The first-order chi connectivity index (χ1) is 12.0. The smallest absolute Gasteiger partial charge is 0.317 e. The number of urea groups is 1. The van der Waals surface area contributed by atoms with Gasteiger partial charge in [0.15, 0.2) is 0 Å². The molecule has 1 aromatic rings. The zero-order chi connectivity index (χ0) is 17.8. The minimum Gasteiger partial charge on any atom is -0.372 e. The van der Waals surface area contributed by atoms with E-state index in [1.165, 1.54) is 0 Å². The molecule has 0 spiro atoms. The number of amides is 3. The Bertz CT molecular complexity index is 624. The molecule has 0 bridgehead atoms. The molecule has 2 aliphatic heterocycles. The molecule has 25 heavy (non-hydrogen) atoms. The molecule has 2 saturated heterocycles. The standard InChI is InChI=1S/C19H27N3O3/c1-14-11-22(12-15(2)25-14)19(24)20-10-16-6-3-4-7-17(16)13-21-9-5-8-18(21)23/h3-4,6-7,14-15H,5,8-13H2,1-2H3,(H,20,24)/t14-,15-/m0/s1. The first kappa shape index (κ1) is 17.7. The maximum Gasteiger partial charge on any atom is 0.317 e. The molecule has 2 heterocycles. The zero-order valence-corrected chi connectivity index (χ0v) is 15.0. The fraction of sp³-hybridized carbons (Fsp3) is 0.579. The van der Waals surface area contributed by atoms with Crippen molar-refractivity contribution in [2.24, 2.45) is 0 Å². The van der Waals surface area contributed by atoms with Crippen LogP contribution >= 0.6 is 0 Å². The van der Waals surface area contributed by atoms with Crippen LogP contribution in [0.1, 0.15) is 37.8 Å². The fourth-order valence-corrected chi connectivity index (χ4v) is 3.59. The van der Waals surface area contributed by atoms with Gasteiger partial charge in [0.05, 0.1) is 12.2 Å². The van der Waals surface area contributed by atoms with E-state index in [1.807, 2.05) is 47.9 Å². The van der Waals surface area contributed by atoms with Crippen LogP contribution in [0.3, 0.4) is 0 Å². The van der Waals surface area contributed by atoms with Crippen molar-refractivity contribution in [2.45, 2.75) is 52.0 Å². The molecule has 0 unspecified atom stereocenters. The lowest BCUT2D eigenvalue weighted by molar-refractivity contribution is -0.128. The van der Waals surface area contributed by atoms with Crippen LogP contribution in [0.4, 0.5) is 4.79 Å². The highest BCUT2D eigenvalue weighted by atomic mass is 16.5. The number of hydrogen-bond acceptors (Lipinski definition) is 3. The van der Waals surface area contributed by atoms with Crippen molar-refractivity contribution in [3.63, 3.8) is 0 Å². The highest BCUT2D eigenvalue weighted by Gasteiger charge is 2.26. The second-order valence-electron chi connectivity index (χ2n) is 7.01. The molecule has 136 valence electrons. The summed E-state index contributed by atoms with van der Waals surface area (Å²) >= 11 is 0. The summed E-state index contributed by atoms with van der Waals surface area (Å²) in [6, 6.07) is 7.93. The molecule has 0 aliphatic carbocycles. The van der Waals surface area contributed by atoms with Crippen molar-refractivity contribution in [2.75, 3.05) is 19.6 Å². The van der Waals surface area contributed by atoms with Crippen LogP contribution in [0, 0.1) is 0 Å². The predicted molar refractivity (Wildman–Crippen MR) is 94.9 cm³/mol. The Hall–Kier alpha value is -2.08. The van der Waals surface area contributed by atoms with Gasteiger partial charge in [0.25, 0.3) is 0 Å². The second kappa shape index (κ2) is 7.87. The maximum absolute atomic E-state index is 12.5. The Kier molecular flexibility index (Phi) is 5.58. The van der Waals surface area contributed by atoms with Crippen LogP contribution in [0.2, 0.25) is 0 Å². The summed E-state index contributed by atoms with van der Waals surface area (Å²) in [4.78, 5) is 28.0. The first-order valence-electron chi connectivity index (χ1n) is 9.05. The van der Waals surface area contributed by atoms with E-state index in [0.29, 0.717) is 32.6 Å². The number of carbonyl (C=O) groups excluding carboxylic acids is 2. The summed E-state index contributed by atoms with van der Waals surface area (Å²) in [6.07, 6.45) is 1.70. The maximum atomic E-state index is 12.5. The van der Waals surface area contributed by atoms with E-state index in [-0.39, 0.29) is 24.1 Å². The van der Waals surface area contributed by atoms with Gasteiger partial charge in [-0.25, -0.2) is 4.79 Å². The van der Waals surface area contributed by atoms with Gasteiger partial charge in [-0.2, -0.15) is 0 Å². The third-order valence-corrected chi connectivity index (χ3v) is 4.79. The summed E-state index contributed by atoms with van der Waals surface area (Å²) in [5.41, 5.74) is 2.16. The van der Waals surface area contributed by atoms with E-state index in [0.717, 1.165) is 24.1 Å². The molecule has 0 aromatic heterocycles. The Labute approximate surface area is 149 Å². The average molecular weight is 345 g/mol. The molecule has 2 aliphatic rings. The first-order valence-corrected chi connectivity index (χ1v) is 9.05. The predicted octanol–water partition coefficient (Wildman–Crippen LogP) is 2.13. The summed E-state index contributed by atoms with van der Waals surface area (Å²) in [7, 11) is 0. The number of rotatable bonds is 4. The lowest BCUT2D eigenvalue weighted by Gasteiger charge is -2.35. The molecular weight excluding hydrogens is 318 g/mol. The molecule has 0 saturated carbocycles. The van der Waals surface area contributed by atoms with Gasteiger partial charge in [-0.15, -0.1) is 0 Å². The number of nitrogens with one attached hydrogen (secondary N) is 1. The number of morpholine rings is 1. The molecule has 1 N–H and O–H groups in total. The van der Waals surface area contributed by atoms with Gasteiger partial charge in [0.1, 0.15) is 0 Å². The number of likely N-dealkylation sites (tertiary alicyclic amines) is 1. The summed E-state index contributed by atoms with van der Waals surface area (Å²) in [5, 5.41) is 3.01. The molecule has 2 atom stereocenters. The van der Waals surface area contributed by atoms with Crippen molar-refractivity contribution >= 4 is 11.9 Å². The number of hydrogen-bond donors (Lipinski definition) is 1. The Morgan fingerprint density at radius 1 is 1.20 bits per heavy atom. The molecule has 6 nitrogen and oxygen atoms in total. The average Bonchev–Trinajstić information content (AvgIpc) is 2.98. The minimum atomic E-state index is -0.0611. The van der Waals surface area contributed by atoms with Crippen molar-refractivity contribution in [3.05, 3.63) is 35.4 Å². The number of benzene rings is 1. The molecule has 2 fully saturated rings. The molecule has 3 rings (SSSR count). The monoisotopic (exact) mass is 345 g/mol. The van der Waals surface area contributed by atoms with Crippen molar-refractivity contribution in [1.82, 2.24) is 15.1 Å². The molecule has 1 aromatic carbocycles. The van der Waals surface area contributed by atoms with E-state index >= 15 is 0 Å². The molecule has 6 heteroatoms. The molecular formula is C19H27N3O3. The number of nitrogens with zero attached hydrogens (tertiary/aromatic N) is 2. The van der Waals surface area contributed by atoms with Gasteiger partial charge in [-0.3, -0.25) is 4.79 Å². The van der Waals surface area contributed by atoms with Crippen LogP contribution in [0.5, 0.6) is 0 Å². The third kappa shape index (κ3) is 4.51. The summed E-state index contributed by atoms with van der Waals surface area (Å²) in [6.45, 7) is 7.10. The van der Waals surface area contributed by atoms with Gasteiger partial charge >= 0.3 is 6.03 Å². The van der Waals surface area contributed by atoms with E-state index in [1.54, 1.807) is 0 Å². The van der Waals surface area contributed by atoms with Gasteiger partial charge in [0, 0.05) is 39.1 Å². The van der Waals surface area contributed by atoms with E-state index in [2.05, 4.69) is 5.32 Å². The van der Waals surface area contributed by atoms with Crippen LogP contribution in [-0.2, 0) is 22.6 Å². The Morgan fingerprint density at radius 3 is 2.52 bits per heavy atom. The van der Waals surface area contributed by atoms with E-state index < -0.39 is 0 Å². The van der Waals surface area contributed by atoms with Crippen LogP contribution < -0.4 is 5.32 Å². The Balaban J connectivity index is 1.59. The van der Waals surface area contributed by atoms with E-state index in [9.17, 15) is 9.59 Å². The van der Waals surface area contributed by atoms with Crippen molar-refractivity contribution < 1.29 is 14.3 Å². The van der Waals surface area contributed by atoms with Gasteiger partial charge < -0.3 is 19.9 Å². The lowest BCUT2D eigenvalue weighted by Crippen LogP contribution is -2.51. The van der Waals surface area contributed by atoms with Crippen molar-refractivity contribution in [1.29, 1.82) is 0 Å². The van der Waals surface area contributed by atoms with Crippen molar-refractivity contribution in [3.8, 4) is 0 Å². The topological polar surface area (TPSA) is 61.9 Å². The SMILES string of the molecule is C[C@H]1CN(C(=O)NCc2ccccc2CN2CCCC2=O)C[C@H](C)O1. The largest absolute Gasteiger partial charge is 0.372 e. The second-order valence-corrected chi connectivity index (χ2v) is 7.01. The number of ether oxygens (including phenoxy) is 1. The third-order valence-electron chi connectivity index (χ3n) is 4.79. The van der Waals surface area contributed by atoms with Crippen LogP contribution in [0.15, 0.2) is 24.3 Å². The quantitative estimate of drug-likeness (QED) is 0.909. The molecule has 3 amide bonds. The summed E-state index contributed by atoms with van der Waals surface area (Å²) in [5.74, 6) is 0.218. The van der Waals surface area contributed by atoms with Crippen LogP contribution in [-0.4, -0.2) is 53.6 Å². The van der Waals surface area contributed by atoms with Crippen LogP contribution in [0.25, 0.3) is 0 Å². The van der Waals surface area contributed by atoms with Gasteiger partial charge in [0.2, 0.25) is 5.91 Å². The molecule has 0 radical (unpaired) electrons. The fourth-order valence-electron chi connectivity index (χ4n) is 3.59. The van der Waals surface area contributed by atoms with Gasteiger partial charge in [-0.1, -0.05) is 24.3 Å². The summed E-state index contributed by atoms with van der Waals surface area (Å²) < 4.78 is 5.67. The zero-order valence-electron chi connectivity index (χ0n) is 15.0. The minimum absolute atomic E-state index is 0.0583. The highest BCUT2D eigenvalue weighted by molar-refractivity contribution is 5.78. The highest BCUT2D eigenvalue weighted by Crippen LogP contribution is 2.17. The van der Waals surface area contributed by atoms with Gasteiger partial charge in [-0.05, 0) is 31.4 Å². The number of carbonyl (C=O) groups is 2. The lowest BCUT2D eigenvalue weighted by atomic mass is 10.1.